The largest absolute Gasteiger partial charge is 0.310 e. The molecule has 0 aliphatic heterocycles. The van der Waals surface area contributed by atoms with Gasteiger partial charge in [0, 0.05) is 39.2 Å². The minimum absolute atomic E-state index is 0.275. The maximum atomic E-state index is 2.47. The average Bonchev–Trinajstić information content (AvgIpc) is 3.62. The molecule has 0 bridgehead atoms. The van der Waals surface area contributed by atoms with Crippen molar-refractivity contribution >= 4 is 55.7 Å². The standard InChI is InChI=1S/C65H48N2/c1-65(2)62-43-55(66(52-21-10-5-11-22-52)53-34-30-50(31-35-53)48-28-26-47(27-29-48)45-16-6-3-7-17-45)38-40-59(62)60-41-39-56(44-63(60)65)67(54-36-32-49(33-37-54)46-18-8-4-9-19-46)64-42-51-20-12-13-23-57(51)58-24-14-15-25-61(58)64/h3-44H,1-2H3. The van der Waals surface area contributed by atoms with Gasteiger partial charge in [-0.2, -0.15) is 0 Å². The molecule has 12 rings (SSSR count). The molecule has 0 saturated carbocycles. The van der Waals surface area contributed by atoms with Crippen molar-refractivity contribution in [3.05, 3.63) is 266 Å². The summed E-state index contributed by atoms with van der Waals surface area (Å²) in [4.78, 5) is 4.85. The smallest absolute Gasteiger partial charge is 0.0546 e. The third kappa shape index (κ3) is 7.15. The van der Waals surface area contributed by atoms with E-state index in [0.29, 0.717) is 0 Å². The molecule has 318 valence electrons. The fraction of sp³-hybridized carbons (Fsp3) is 0.0462. The number of nitrogens with zero attached hydrogens (tertiary/aromatic N) is 2. The van der Waals surface area contributed by atoms with Crippen molar-refractivity contribution in [3.63, 3.8) is 0 Å². The maximum absolute atomic E-state index is 2.47. The minimum Gasteiger partial charge on any atom is -0.310 e. The number of hydrogen-bond donors (Lipinski definition) is 0. The molecule has 1 aliphatic rings. The Morgan fingerprint density at radius 1 is 0.269 bits per heavy atom. The fourth-order valence-electron chi connectivity index (χ4n) is 10.4. The Kier molecular flexibility index (Phi) is 9.88. The molecule has 0 radical (unpaired) electrons. The van der Waals surface area contributed by atoms with Crippen LogP contribution in [0.25, 0.3) is 66.1 Å². The van der Waals surface area contributed by atoms with Gasteiger partial charge in [-0.1, -0.05) is 202 Å². The van der Waals surface area contributed by atoms with Crippen LogP contribution in [0.1, 0.15) is 25.0 Å². The maximum Gasteiger partial charge on any atom is 0.0546 e. The van der Waals surface area contributed by atoms with Gasteiger partial charge in [0.1, 0.15) is 0 Å². The Balaban J connectivity index is 0.933. The Labute approximate surface area is 393 Å². The van der Waals surface area contributed by atoms with Crippen LogP contribution in [-0.2, 0) is 5.41 Å². The number of rotatable bonds is 9. The van der Waals surface area contributed by atoms with Crippen LogP contribution in [0.2, 0.25) is 0 Å². The van der Waals surface area contributed by atoms with E-state index in [1.54, 1.807) is 0 Å². The summed E-state index contributed by atoms with van der Waals surface area (Å²) in [5.74, 6) is 0. The fourth-order valence-corrected chi connectivity index (χ4v) is 10.4. The van der Waals surface area contributed by atoms with Gasteiger partial charge in [0.25, 0.3) is 0 Å². The van der Waals surface area contributed by atoms with Gasteiger partial charge in [0.15, 0.2) is 0 Å². The SMILES string of the molecule is CC1(C)c2cc(N(c3ccccc3)c3ccc(-c4ccc(-c5ccccc5)cc4)cc3)ccc2-c2ccc(N(c3ccc(-c4ccccc4)cc3)c3cc4ccccc4c4ccccc34)cc21. The Hall–Kier alpha value is -8.46. The zero-order valence-electron chi connectivity index (χ0n) is 37.6. The molecule has 0 unspecified atom stereocenters. The van der Waals surface area contributed by atoms with E-state index < -0.39 is 0 Å². The highest BCUT2D eigenvalue weighted by Crippen LogP contribution is 2.53. The molecule has 0 atom stereocenters. The van der Waals surface area contributed by atoms with Crippen LogP contribution >= 0.6 is 0 Å². The zero-order chi connectivity index (χ0) is 44.9. The molecule has 2 heteroatoms. The van der Waals surface area contributed by atoms with E-state index in [1.165, 1.54) is 77.2 Å². The van der Waals surface area contributed by atoms with Crippen molar-refractivity contribution in [3.8, 4) is 44.5 Å². The molecular weight excluding hydrogens is 809 g/mol. The molecule has 0 heterocycles. The van der Waals surface area contributed by atoms with E-state index in [-0.39, 0.29) is 5.41 Å². The van der Waals surface area contributed by atoms with E-state index in [0.717, 1.165) is 34.1 Å². The summed E-state index contributed by atoms with van der Waals surface area (Å²) in [5.41, 5.74) is 19.0. The first-order chi connectivity index (χ1) is 33.0. The first kappa shape index (κ1) is 40.1. The normalized spacial score (nSPS) is 12.4. The van der Waals surface area contributed by atoms with Crippen LogP contribution in [-0.4, -0.2) is 0 Å². The third-order valence-electron chi connectivity index (χ3n) is 13.8. The summed E-state index contributed by atoms with van der Waals surface area (Å²) in [6, 6.07) is 93.0. The molecular formula is C65H48N2. The van der Waals surface area contributed by atoms with E-state index in [1.807, 2.05) is 0 Å². The van der Waals surface area contributed by atoms with Crippen molar-refractivity contribution in [2.45, 2.75) is 19.3 Å². The van der Waals surface area contributed by atoms with Crippen LogP contribution in [0, 0.1) is 0 Å². The third-order valence-corrected chi connectivity index (χ3v) is 13.8. The van der Waals surface area contributed by atoms with Crippen molar-refractivity contribution in [2.75, 3.05) is 9.80 Å². The van der Waals surface area contributed by atoms with Gasteiger partial charge in [-0.05, 0) is 139 Å². The summed E-state index contributed by atoms with van der Waals surface area (Å²) >= 11 is 0. The second kappa shape index (κ2) is 16.5. The summed E-state index contributed by atoms with van der Waals surface area (Å²) < 4.78 is 0. The molecule has 67 heavy (non-hydrogen) atoms. The number of anilines is 6. The lowest BCUT2D eigenvalue weighted by molar-refractivity contribution is 0.660. The molecule has 11 aromatic carbocycles. The quantitative estimate of drug-likeness (QED) is 0.133. The highest BCUT2D eigenvalue weighted by Gasteiger charge is 2.37. The summed E-state index contributed by atoms with van der Waals surface area (Å²) in [6.07, 6.45) is 0. The van der Waals surface area contributed by atoms with Gasteiger partial charge in [-0.25, -0.2) is 0 Å². The summed E-state index contributed by atoms with van der Waals surface area (Å²) in [5, 5.41) is 4.95. The van der Waals surface area contributed by atoms with Gasteiger partial charge >= 0.3 is 0 Å². The van der Waals surface area contributed by atoms with E-state index in [9.17, 15) is 0 Å². The molecule has 0 N–H and O–H groups in total. The molecule has 0 fully saturated rings. The lowest BCUT2D eigenvalue weighted by Crippen LogP contribution is -2.17. The number of hydrogen-bond acceptors (Lipinski definition) is 2. The monoisotopic (exact) mass is 856 g/mol. The Bertz CT molecular complexity index is 3560. The first-order valence-electron chi connectivity index (χ1n) is 23.2. The van der Waals surface area contributed by atoms with Gasteiger partial charge in [-0.3, -0.25) is 0 Å². The molecule has 0 amide bonds. The Morgan fingerprint density at radius 2 is 0.627 bits per heavy atom. The predicted octanol–water partition coefficient (Wildman–Crippen LogP) is 18.2. The van der Waals surface area contributed by atoms with Crippen LogP contribution in [0.4, 0.5) is 34.1 Å². The lowest BCUT2D eigenvalue weighted by Gasteiger charge is -2.30. The van der Waals surface area contributed by atoms with Gasteiger partial charge in [0.2, 0.25) is 0 Å². The Morgan fingerprint density at radius 3 is 1.15 bits per heavy atom. The molecule has 0 spiro atoms. The van der Waals surface area contributed by atoms with Crippen LogP contribution in [0.5, 0.6) is 0 Å². The van der Waals surface area contributed by atoms with Crippen molar-refractivity contribution in [1.82, 2.24) is 0 Å². The van der Waals surface area contributed by atoms with Crippen molar-refractivity contribution in [1.29, 1.82) is 0 Å². The average molecular weight is 857 g/mol. The topological polar surface area (TPSA) is 6.48 Å². The molecule has 2 nitrogen and oxygen atoms in total. The number of fused-ring (bicyclic) bond motifs is 6. The summed E-state index contributed by atoms with van der Waals surface area (Å²) in [7, 11) is 0. The minimum atomic E-state index is -0.275. The van der Waals surface area contributed by atoms with E-state index >= 15 is 0 Å². The van der Waals surface area contributed by atoms with E-state index in [2.05, 4.69) is 278 Å². The highest BCUT2D eigenvalue weighted by molar-refractivity contribution is 6.14. The van der Waals surface area contributed by atoms with Crippen LogP contribution in [0.3, 0.4) is 0 Å². The molecule has 1 aliphatic carbocycles. The summed E-state index contributed by atoms with van der Waals surface area (Å²) in [6.45, 7) is 4.78. The zero-order valence-corrected chi connectivity index (χ0v) is 37.6. The van der Waals surface area contributed by atoms with Crippen molar-refractivity contribution < 1.29 is 0 Å². The number of benzene rings is 11. The second-order valence-electron chi connectivity index (χ2n) is 18.2. The second-order valence-corrected chi connectivity index (χ2v) is 18.2. The first-order valence-corrected chi connectivity index (χ1v) is 23.2. The van der Waals surface area contributed by atoms with E-state index in [4.69, 9.17) is 0 Å². The van der Waals surface area contributed by atoms with Crippen LogP contribution < -0.4 is 9.80 Å². The van der Waals surface area contributed by atoms with Crippen LogP contribution in [0.15, 0.2) is 255 Å². The van der Waals surface area contributed by atoms with Crippen molar-refractivity contribution in [2.24, 2.45) is 0 Å². The highest BCUT2D eigenvalue weighted by atomic mass is 15.1. The molecule has 0 aromatic heterocycles. The molecule has 11 aromatic rings. The van der Waals surface area contributed by atoms with Gasteiger partial charge in [0.05, 0.1) is 5.69 Å². The molecule has 0 saturated heterocycles. The van der Waals surface area contributed by atoms with Gasteiger partial charge in [-0.15, -0.1) is 0 Å². The predicted molar refractivity (Wildman–Crippen MR) is 285 cm³/mol. The lowest BCUT2D eigenvalue weighted by atomic mass is 9.82. The number of para-hydroxylation sites is 1. The van der Waals surface area contributed by atoms with Gasteiger partial charge < -0.3 is 9.80 Å².